The van der Waals surface area contributed by atoms with Crippen LogP contribution in [0, 0.1) is 0 Å². The van der Waals surface area contributed by atoms with Gasteiger partial charge in [-0.15, -0.1) is 0 Å². The number of anilines is 1. The van der Waals surface area contributed by atoms with Crippen LogP contribution in [0.1, 0.15) is 32.6 Å². The van der Waals surface area contributed by atoms with Gasteiger partial charge in [-0.2, -0.15) is 0 Å². The van der Waals surface area contributed by atoms with Crippen molar-refractivity contribution in [3.63, 3.8) is 0 Å². The second-order valence-electron chi connectivity index (χ2n) is 4.83. The van der Waals surface area contributed by atoms with E-state index in [4.69, 9.17) is 23.8 Å². The zero-order chi connectivity index (χ0) is 13.0. The molecule has 4 heteroatoms. The van der Waals surface area contributed by atoms with Gasteiger partial charge in [0.25, 0.3) is 0 Å². The molecule has 0 bridgehead atoms. The van der Waals surface area contributed by atoms with Gasteiger partial charge in [-0.1, -0.05) is 30.5 Å². The largest absolute Gasteiger partial charge is 0.346 e. The van der Waals surface area contributed by atoms with Crippen LogP contribution in [-0.4, -0.2) is 22.6 Å². The van der Waals surface area contributed by atoms with Crippen molar-refractivity contribution in [3.8, 4) is 0 Å². The molecule has 1 heterocycles. The monoisotopic (exact) mass is 282 g/mol. The third kappa shape index (κ3) is 3.59. The van der Waals surface area contributed by atoms with Gasteiger partial charge in [-0.05, 0) is 50.2 Å². The van der Waals surface area contributed by atoms with Crippen molar-refractivity contribution in [2.24, 2.45) is 0 Å². The molecule has 0 spiro atoms. The molecule has 2 rings (SSSR count). The minimum Gasteiger partial charge on any atom is -0.346 e. The fraction of sp³-hybridized carbons (Fsp3) is 0.500. The Hall–Kier alpha value is -0.800. The summed E-state index contributed by atoms with van der Waals surface area (Å²) < 4.78 is 0. The van der Waals surface area contributed by atoms with Gasteiger partial charge in [0.1, 0.15) is 0 Å². The second kappa shape index (κ2) is 6.39. The summed E-state index contributed by atoms with van der Waals surface area (Å²) in [6.45, 7) is 3.30. The van der Waals surface area contributed by atoms with Gasteiger partial charge < -0.3 is 10.2 Å². The molecule has 1 aliphatic heterocycles. The normalized spacial score (nSPS) is 20.3. The maximum absolute atomic E-state index is 5.97. The van der Waals surface area contributed by atoms with Crippen molar-refractivity contribution in [3.05, 3.63) is 29.3 Å². The smallest absolute Gasteiger partial charge is 0.173 e. The Bertz CT molecular complexity index is 422. The molecule has 2 nitrogen and oxygen atoms in total. The van der Waals surface area contributed by atoms with Gasteiger partial charge in [0.05, 0.1) is 0 Å². The average Bonchev–Trinajstić information content (AvgIpc) is 2.54. The minimum atomic E-state index is 0.520. The number of hydrogen-bond donors (Lipinski definition) is 1. The van der Waals surface area contributed by atoms with Crippen molar-refractivity contribution in [2.45, 2.75) is 38.6 Å². The van der Waals surface area contributed by atoms with Gasteiger partial charge in [-0.25, -0.2) is 0 Å². The van der Waals surface area contributed by atoms with E-state index in [-0.39, 0.29) is 0 Å². The van der Waals surface area contributed by atoms with E-state index in [2.05, 4.69) is 17.1 Å². The van der Waals surface area contributed by atoms with Crippen LogP contribution >= 0.6 is 23.8 Å². The van der Waals surface area contributed by atoms with Crippen LogP contribution in [-0.2, 0) is 0 Å². The highest BCUT2D eigenvalue weighted by Gasteiger charge is 2.19. The molecule has 1 unspecified atom stereocenters. The van der Waals surface area contributed by atoms with Gasteiger partial charge in [0.15, 0.2) is 5.11 Å². The fourth-order valence-electron chi connectivity index (χ4n) is 2.34. The van der Waals surface area contributed by atoms with Crippen molar-refractivity contribution in [1.82, 2.24) is 4.90 Å². The van der Waals surface area contributed by atoms with Crippen molar-refractivity contribution < 1.29 is 0 Å². The third-order valence-corrected chi connectivity index (χ3v) is 3.96. The van der Waals surface area contributed by atoms with E-state index in [1.54, 1.807) is 0 Å². The Morgan fingerprint density at radius 3 is 3.00 bits per heavy atom. The number of rotatable bonds is 1. The van der Waals surface area contributed by atoms with E-state index in [9.17, 15) is 0 Å². The molecule has 0 aliphatic carbocycles. The Balaban J connectivity index is 2.02. The first-order chi connectivity index (χ1) is 8.66. The number of thiocarbonyl (C=S) groups is 1. The molecular weight excluding hydrogens is 264 g/mol. The van der Waals surface area contributed by atoms with Crippen LogP contribution in [0.4, 0.5) is 5.69 Å². The van der Waals surface area contributed by atoms with E-state index >= 15 is 0 Å². The number of likely N-dealkylation sites (tertiary alicyclic amines) is 1. The highest BCUT2D eigenvalue weighted by Crippen LogP contribution is 2.19. The quantitative estimate of drug-likeness (QED) is 0.773. The lowest BCUT2D eigenvalue weighted by atomic mass is 10.1. The Morgan fingerprint density at radius 1 is 1.39 bits per heavy atom. The van der Waals surface area contributed by atoms with Gasteiger partial charge >= 0.3 is 0 Å². The fourth-order valence-corrected chi connectivity index (χ4v) is 2.92. The molecule has 1 N–H and O–H groups in total. The Labute approximate surface area is 119 Å². The van der Waals surface area contributed by atoms with Gasteiger partial charge in [0, 0.05) is 23.3 Å². The molecule has 0 radical (unpaired) electrons. The summed E-state index contributed by atoms with van der Waals surface area (Å²) in [5, 5.41) is 4.82. The highest BCUT2D eigenvalue weighted by atomic mass is 35.5. The standard InChI is InChI=1S/C14H19ClN2S/c1-11-6-3-2-4-9-17(11)14(18)16-13-8-5-7-12(15)10-13/h5,7-8,10-11H,2-4,6,9H2,1H3,(H,16,18). The average molecular weight is 283 g/mol. The van der Waals surface area contributed by atoms with Crippen LogP contribution in [0.15, 0.2) is 24.3 Å². The second-order valence-corrected chi connectivity index (χ2v) is 5.66. The molecular formula is C14H19ClN2S. The zero-order valence-electron chi connectivity index (χ0n) is 10.7. The lowest BCUT2D eigenvalue weighted by molar-refractivity contribution is 0.341. The third-order valence-electron chi connectivity index (χ3n) is 3.39. The van der Waals surface area contributed by atoms with Crippen molar-refractivity contribution >= 4 is 34.6 Å². The number of nitrogens with zero attached hydrogens (tertiary/aromatic N) is 1. The van der Waals surface area contributed by atoms with Crippen LogP contribution < -0.4 is 5.32 Å². The highest BCUT2D eigenvalue weighted by molar-refractivity contribution is 7.80. The van der Waals surface area contributed by atoms with E-state index in [1.165, 1.54) is 25.7 Å². The molecule has 0 saturated carbocycles. The number of benzene rings is 1. The van der Waals surface area contributed by atoms with Gasteiger partial charge in [0.2, 0.25) is 0 Å². The van der Waals surface area contributed by atoms with Crippen molar-refractivity contribution in [1.29, 1.82) is 0 Å². The summed E-state index contributed by atoms with van der Waals surface area (Å²) in [7, 11) is 0. The number of hydrogen-bond acceptors (Lipinski definition) is 1. The lowest BCUT2D eigenvalue weighted by Gasteiger charge is -2.30. The summed E-state index contributed by atoms with van der Waals surface area (Å²) in [5.41, 5.74) is 0.962. The molecule has 1 fully saturated rings. The summed E-state index contributed by atoms with van der Waals surface area (Å²) in [6.07, 6.45) is 5.05. The summed E-state index contributed by atoms with van der Waals surface area (Å²) >= 11 is 11.5. The van der Waals surface area contributed by atoms with Crippen molar-refractivity contribution in [2.75, 3.05) is 11.9 Å². The molecule has 0 amide bonds. The molecule has 1 aromatic carbocycles. The molecule has 1 atom stereocenters. The van der Waals surface area contributed by atoms with Crippen LogP contribution in [0.3, 0.4) is 0 Å². The summed E-state index contributed by atoms with van der Waals surface area (Å²) in [5.74, 6) is 0. The van der Waals surface area contributed by atoms with Crippen LogP contribution in [0.25, 0.3) is 0 Å². The van der Waals surface area contributed by atoms with E-state index in [1.807, 2.05) is 24.3 Å². The topological polar surface area (TPSA) is 15.3 Å². The number of nitrogens with one attached hydrogen (secondary N) is 1. The predicted octanol–water partition coefficient (Wildman–Crippen LogP) is 4.30. The Morgan fingerprint density at radius 2 is 2.22 bits per heavy atom. The van der Waals surface area contributed by atoms with E-state index in [0.717, 1.165) is 22.4 Å². The SMILES string of the molecule is CC1CCCCCN1C(=S)Nc1cccc(Cl)c1. The molecule has 1 aliphatic rings. The maximum atomic E-state index is 5.97. The van der Waals surface area contributed by atoms with Gasteiger partial charge in [-0.3, -0.25) is 0 Å². The molecule has 1 saturated heterocycles. The predicted molar refractivity (Wildman–Crippen MR) is 82.3 cm³/mol. The summed E-state index contributed by atoms with van der Waals surface area (Å²) in [6, 6.07) is 8.20. The van der Waals surface area contributed by atoms with Crippen LogP contribution in [0.5, 0.6) is 0 Å². The van der Waals surface area contributed by atoms with Crippen LogP contribution in [0.2, 0.25) is 5.02 Å². The summed E-state index contributed by atoms with van der Waals surface area (Å²) in [4.78, 5) is 2.29. The Kier molecular flexibility index (Phi) is 4.84. The maximum Gasteiger partial charge on any atom is 0.173 e. The first kappa shape index (κ1) is 13.6. The molecule has 1 aromatic rings. The first-order valence-electron chi connectivity index (χ1n) is 6.50. The van der Waals surface area contributed by atoms with E-state index in [0.29, 0.717) is 6.04 Å². The lowest BCUT2D eigenvalue weighted by Crippen LogP contribution is -2.40. The zero-order valence-corrected chi connectivity index (χ0v) is 12.2. The molecule has 18 heavy (non-hydrogen) atoms. The molecule has 98 valence electrons. The van der Waals surface area contributed by atoms with E-state index < -0.39 is 0 Å². The molecule has 0 aromatic heterocycles. The first-order valence-corrected chi connectivity index (χ1v) is 7.28. The minimum absolute atomic E-state index is 0.520. The number of halogens is 1.